The van der Waals surface area contributed by atoms with Gasteiger partial charge in [0, 0.05) is 16.6 Å². The van der Waals surface area contributed by atoms with Gasteiger partial charge in [-0.2, -0.15) is 0 Å². The van der Waals surface area contributed by atoms with Gasteiger partial charge in [0.05, 0.1) is 11.9 Å². The molecular formula is C18H20Cl2N2O3S. The number of hydrogen-bond donors (Lipinski definition) is 1. The molecule has 1 amide bonds. The molecule has 8 heteroatoms. The lowest BCUT2D eigenvalue weighted by molar-refractivity contribution is -0.122. The predicted octanol–water partition coefficient (Wildman–Crippen LogP) is 3.77. The minimum absolute atomic E-state index is 0.171. The standard InChI is InChI=1S/C18H20Cl2N2O3S/c1-12-5-4-6-16(9-12)22(26(3,24)25)13(2)18(23)21-11-14-7-8-15(19)10-17(14)20/h4-10,13H,11H2,1-3H3,(H,21,23)/t13-/m1/s1. The molecule has 0 bridgehead atoms. The molecule has 2 aromatic rings. The van der Waals surface area contributed by atoms with Crippen LogP contribution < -0.4 is 9.62 Å². The molecule has 2 aromatic carbocycles. The Balaban J connectivity index is 2.20. The van der Waals surface area contributed by atoms with Crippen LogP contribution in [0.1, 0.15) is 18.1 Å². The minimum atomic E-state index is -3.65. The molecule has 5 nitrogen and oxygen atoms in total. The number of carbonyl (C=O) groups is 1. The van der Waals surface area contributed by atoms with Gasteiger partial charge in [-0.15, -0.1) is 0 Å². The number of aryl methyl sites for hydroxylation is 1. The third kappa shape index (κ3) is 5.13. The molecule has 0 unspecified atom stereocenters. The van der Waals surface area contributed by atoms with E-state index >= 15 is 0 Å². The smallest absolute Gasteiger partial charge is 0.243 e. The lowest BCUT2D eigenvalue weighted by atomic mass is 10.2. The van der Waals surface area contributed by atoms with Gasteiger partial charge in [0.1, 0.15) is 6.04 Å². The van der Waals surface area contributed by atoms with E-state index in [0.29, 0.717) is 21.3 Å². The number of carbonyl (C=O) groups excluding carboxylic acids is 1. The Kier molecular flexibility index (Phi) is 6.55. The van der Waals surface area contributed by atoms with Crippen LogP contribution in [0.2, 0.25) is 10.0 Å². The molecule has 26 heavy (non-hydrogen) atoms. The number of benzene rings is 2. The molecule has 0 saturated heterocycles. The van der Waals surface area contributed by atoms with Crippen LogP contribution in [-0.2, 0) is 21.4 Å². The van der Waals surface area contributed by atoms with Crippen molar-refractivity contribution in [3.8, 4) is 0 Å². The first kappa shape index (κ1) is 20.6. The van der Waals surface area contributed by atoms with Crippen molar-refractivity contribution in [3.63, 3.8) is 0 Å². The van der Waals surface area contributed by atoms with Crippen LogP contribution in [0.5, 0.6) is 0 Å². The highest BCUT2D eigenvalue weighted by molar-refractivity contribution is 7.92. The molecule has 1 N–H and O–H groups in total. The Morgan fingerprint density at radius 1 is 1.19 bits per heavy atom. The molecule has 0 aliphatic carbocycles. The Morgan fingerprint density at radius 2 is 1.88 bits per heavy atom. The number of sulfonamides is 1. The lowest BCUT2D eigenvalue weighted by Crippen LogP contribution is -2.47. The summed E-state index contributed by atoms with van der Waals surface area (Å²) in [6.07, 6.45) is 1.08. The van der Waals surface area contributed by atoms with Crippen molar-refractivity contribution in [3.05, 3.63) is 63.6 Å². The van der Waals surface area contributed by atoms with E-state index in [1.807, 2.05) is 13.0 Å². The molecular weight excluding hydrogens is 395 g/mol. The average molecular weight is 415 g/mol. The zero-order valence-corrected chi connectivity index (χ0v) is 17.0. The van der Waals surface area contributed by atoms with Crippen LogP contribution in [0.3, 0.4) is 0 Å². The van der Waals surface area contributed by atoms with E-state index < -0.39 is 22.0 Å². The summed E-state index contributed by atoms with van der Waals surface area (Å²) in [6.45, 7) is 3.57. The number of anilines is 1. The maximum Gasteiger partial charge on any atom is 0.243 e. The van der Waals surface area contributed by atoms with E-state index in [4.69, 9.17) is 23.2 Å². The highest BCUT2D eigenvalue weighted by atomic mass is 35.5. The molecule has 0 aliphatic heterocycles. The third-order valence-corrected chi connectivity index (χ3v) is 5.64. The van der Waals surface area contributed by atoms with Crippen molar-refractivity contribution in [2.45, 2.75) is 26.4 Å². The van der Waals surface area contributed by atoms with Gasteiger partial charge in [0.2, 0.25) is 15.9 Å². The molecule has 0 spiro atoms. The van der Waals surface area contributed by atoms with Crippen LogP contribution in [-0.4, -0.2) is 26.6 Å². The fourth-order valence-corrected chi connectivity index (χ4v) is 4.21. The highest BCUT2D eigenvalue weighted by Gasteiger charge is 2.29. The normalized spacial score (nSPS) is 12.5. The molecule has 0 fully saturated rings. The summed E-state index contributed by atoms with van der Waals surface area (Å²) in [5, 5.41) is 3.66. The van der Waals surface area contributed by atoms with Crippen LogP contribution in [0.15, 0.2) is 42.5 Å². The molecule has 140 valence electrons. The summed E-state index contributed by atoms with van der Waals surface area (Å²) in [7, 11) is -3.65. The van der Waals surface area contributed by atoms with Crippen LogP contribution in [0.25, 0.3) is 0 Å². The zero-order chi connectivity index (χ0) is 19.5. The van der Waals surface area contributed by atoms with Crippen molar-refractivity contribution in [2.24, 2.45) is 0 Å². The van der Waals surface area contributed by atoms with Gasteiger partial charge in [-0.3, -0.25) is 9.10 Å². The maximum atomic E-state index is 12.6. The van der Waals surface area contributed by atoms with Gasteiger partial charge in [-0.1, -0.05) is 41.4 Å². The number of nitrogens with one attached hydrogen (secondary N) is 1. The molecule has 0 heterocycles. The number of nitrogens with zero attached hydrogens (tertiary/aromatic N) is 1. The first-order chi connectivity index (χ1) is 12.1. The first-order valence-corrected chi connectivity index (χ1v) is 10.5. The Bertz CT molecular complexity index is 916. The summed E-state index contributed by atoms with van der Waals surface area (Å²) in [5.41, 5.74) is 2.04. The van der Waals surface area contributed by atoms with Gasteiger partial charge >= 0.3 is 0 Å². The summed E-state index contributed by atoms with van der Waals surface area (Å²) in [6, 6.07) is 11.0. The van der Waals surface area contributed by atoms with E-state index in [2.05, 4.69) is 5.32 Å². The van der Waals surface area contributed by atoms with Gasteiger partial charge in [-0.05, 0) is 49.2 Å². The van der Waals surface area contributed by atoms with E-state index in [1.165, 1.54) is 0 Å². The lowest BCUT2D eigenvalue weighted by Gasteiger charge is -2.28. The van der Waals surface area contributed by atoms with Gasteiger partial charge in [-0.25, -0.2) is 8.42 Å². The van der Waals surface area contributed by atoms with Crippen molar-refractivity contribution in [2.75, 3.05) is 10.6 Å². The zero-order valence-electron chi connectivity index (χ0n) is 14.7. The fraction of sp³-hybridized carbons (Fsp3) is 0.278. The SMILES string of the molecule is Cc1cccc(N([C@H](C)C(=O)NCc2ccc(Cl)cc2Cl)S(C)(=O)=O)c1. The highest BCUT2D eigenvalue weighted by Crippen LogP contribution is 2.23. The fourth-order valence-electron chi connectivity index (χ4n) is 2.57. The topological polar surface area (TPSA) is 66.5 Å². The number of amides is 1. The van der Waals surface area contributed by atoms with Gasteiger partial charge < -0.3 is 5.32 Å². The van der Waals surface area contributed by atoms with Crippen molar-refractivity contribution in [1.29, 1.82) is 0 Å². The van der Waals surface area contributed by atoms with Crippen LogP contribution in [0, 0.1) is 6.92 Å². The molecule has 0 aliphatic rings. The average Bonchev–Trinajstić information content (AvgIpc) is 2.52. The second-order valence-electron chi connectivity index (χ2n) is 6.03. The van der Waals surface area contributed by atoms with Crippen molar-refractivity contribution in [1.82, 2.24) is 5.32 Å². The van der Waals surface area contributed by atoms with Crippen LogP contribution >= 0.6 is 23.2 Å². The number of hydrogen-bond acceptors (Lipinski definition) is 3. The largest absolute Gasteiger partial charge is 0.350 e. The van der Waals surface area contributed by atoms with Crippen LogP contribution in [0.4, 0.5) is 5.69 Å². The number of halogens is 2. The summed E-state index contributed by atoms with van der Waals surface area (Å²) in [4.78, 5) is 12.6. The molecule has 1 atom stereocenters. The van der Waals surface area contributed by atoms with Gasteiger partial charge in [0.25, 0.3) is 0 Å². The molecule has 0 saturated carbocycles. The molecule has 2 rings (SSSR count). The van der Waals surface area contributed by atoms with Gasteiger partial charge in [0.15, 0.2) is 0 Å². The third-order valence-electron chi connectivity index (χ3n) is 3.81. The Hall–Kier alpha value is -1.76. The Labute approximate surface area is 164 Å². The molecule has 0 radical (unpaired) electrons. The first-order valence-electron chi connectivity index (χ1n) is 7.87. The van der Waals surface area contributed by atoms with E-state index in [-0.39, 0.29) is 6.54 Å². The second kappa shape index (κ2) is 8.29. The van der Waals surface area contributed by atoms with E-state index in [0.717, 1.165) is 16.1 Å². The predicted molar refractivity (Wildman–Crippen MR) is 106 cm³/mol. The van der Waals surface area contributed by atoms with Crippen molar-refractivity contribution >= 4 is 44.8 Å². The summed E-state index contributed by atoms with van der Waals surface area (Å²) in [5.74, 6) is -0.428. The monoisotopic (exact) mass is 414 g/mol. The second-order valence-corrected chi connectivity index (χ2v) is 8.73. The van der Waals surface area contributed by atoms with E-state index in [1.54, 1.807) is 43.3 Å². The van der Waals surface area contributed by atoms with E-state index in [9.17, 15) is 13.2 Å². The summed E-state index contributed by atoms with van der Waals surface area (Å²) < 4.78 is 25.6. The minimum Gasteiger partial charge on any atom is -0.350 e. The number of rotatable bonds is 6. The summed E-state index contributed by atoms with van der Waals surface area (Å²) >= 11 is 12.0. The quantitative estimate of drug-likeness (QED) is 0.781. The maximum absolute atomic E-state index is 12.6. The molecule has 0 aromatic heterocycles. The Morgan fingerprint density at radius 3 is 2.46 bits per heavy atom. The van der Waals surface area contributed by atoms with Crippen molar-refractivity contribution < 1.29 is 13.2 Å².